The minimum absolute atomic E-state index is 0.0700. The van der Waals surface area contributed by atoms with Gasteiger partial charge in [0.1, 0.15) is 22.8 Å². The normalized spacial score (nSPS) is 10.5. The summed E-state index contributed by atoms with van der Waals surface area (Å²) >= 11 is 3.91. The number of nitrogens with one attached hydrogen (secondary N) is 1. The van der Waals surface area contributed by atoms with Crippen LogP contribution in [0.2, 0.25) is 0 Å². The maximum atomic E-state index is 14.0. The highest BCUT2D eigenvalue weighted by atomic mass is 32.1. The van der Waals surface area contributed by atoms with E-state index in [1.165, 1.54) is 32.5 Å². The van der Waals surface area contributed by atoms with Crippen molar-refractivity contribution in [1.82, 2.24) is 19.9 Å². The van der Waals surface area contributed by atoms with E-state index in [-0.39, 0.29) is 11.4 Å². The summed E-state index contributed by atoms with van der Waals surface area (Å²) < 4.78 is 50.5. The number of ether oxygens (including phenoxy) is 2. The second kappa shape index (κ2) is 11.1. The molecule has 0 aliphatic carbocycles. The van der Waals surface area contributed by atoms with Gasteiger partial charge in [0.2, 0.25) is 23.5 Å². The third kappa shape index (κ3) is 5.56. The highest BCUT2D eigenvalue weighted by Gasteiger charge is 2.23. The van der Waals surface area contributed by atoms with Crippen molar-refractivity contribution in [2.45, 2.75) is 4.90 Å². The lowest BCUT2D eigenvalue weighted by Gasteiger charge is -2.09. The molecule has 0 unspecified atom stereocenters. The summed E-state index contributed by atoms with van der Waals surface area (Å²) in [5, 5.41) is 0.396. The van der Waals surface area contributed by atoms with Gasteiger partial charge in [-0.3, -0.25) is 4.79 Å². The summed E-state index contributed by atoms with van der Waals surface area (Å²) in [6.07, 6.45) is 3.89. The average Bonchev–Trinajstić information content (AvgIpc) is 3.31. The number of nitrogens with zero attached hydrogens (tertiary/aromatic N) is 3. The summed E-state index contributed by atoms with van der Waals surface area (Å²) in [6.45, 7) is 0. The van der Waals surface area contributed by atoms with Gasteiger partial charge in [-0.15, -0.1) is 12.6 Å². The Balaban J connectivity index is 0.000000342. The monoisotopic (exact) mass is 524 g/mol. The summed E-state index contributed by atoms with van der Waals surface area (Å²) in [5.41, 5.74) is 0.955. The quantitative estimate of drug-likeness (QED) is 0.175. The van der Waals surface area contributed by atoms with Gasteiger partial charge in [0.05, 0.1) is 14.2 Å². The van der Waals surface area contributed by atoms with Crippen LogP contribution in [-0.4, -0.2) is 39.9 Å². The van der Waals surface area contributed by atoms with Crippen LogP contribution < -0.4 is 9.47 Å². The minimum Gasteiger partial charge on any atom is -0.481 e. The number of rotatable bonds is 5. The van der Waals surface area contributed by atoms with Gasteiger partial charge in [-0.25, -0.2) is 18.7 Å². The van der Waals surface area contributed by atoms with Gasteiger partial charge < -0.3 is 14.5 Å². The molecule has 188 valence electrons. The number of aromatic amines is 1. The van der Waals surface area contributed by atoms with Crippen LogP contribution in [0.25, 0.3) is 22.2 Å². The molecule has 0 saturated heterocycles. The van der Waals surface area contributed by atoms with Gasteiger partial charge in [-0.1, -0.05) is 6.07 Å². The number of halogens is 3. The number of benzene rings is 1. The molecule has 0 radical (unpaired) electrons. The number of ketones is 1. The van der Waals surface area contributed by atoms with Gasteiger partial charge in [0.25, 0.3) is 0 Å². The number of carbonyl (C=O) groups is 1. The second-order valence-electron chi connectivity index (χ2n) is 7.50. The molecule has 0 aliphatic heterocycles. The van der Waals surface area contributed by atoms with E-state index in [2.05, 4.69) is 32.6 Å². The highest BCUT2D eigenvalue weighted by molar-refractivity contribution is 7.80. The van der Waals surface area contributed by atoms with Crippen molar-refractivity contribution in [3.05, 3.63) is 95.8 Å². The summed E-state index contributed by atoms with van der Waals surface area (Å²) in [4.78, 5) is 28.2. The van der Waals surface area contributed by atoms with Gasteiger partial charge in [0.15, 0.2) is 0 Å². The number of carbonyl (C=O) groups excluding carboxylic acids is 1. The molecule has 4 heterocycles. The third-order valence-corrected chi connectivity index (χ3v) is 5.49. The number of methoxy groups -OCH3 is 2. The molecule has 5 aromatic rings. The smallest absolute Gasteiger partial charge is 0.227 e. The van der Waals surface area contributed by atoms with Gasteiger partial charge in [0, 0.05) is 51.6 Å². The standard InChI is InChI=1S/C20H14F2N4O3.C6H5FS/c1-28-15-4-3-11(20(26-15)29-2)10-7-12-13(9-25-19(12)24-8-10)17(27)16-14(21)5-6-23-18(16)22;7-5-2-1-3-6(8)4-5/h3-9H,1-2H3,(H,24,25);1-4,8H. The highest BCUT2D eigenvalue weighted by Crippen LogP contribution is 2.32. The molecule has 11 heteroatoms. The van der Waals surface area contributed by atoms with Crippen molar-refractivity contribution in [2.24, 2.45) is 0 Å². The van der Waals surface area contributed by atoms with E-state index >= 15 is 0 Å². The van der Waals surface area contributed by atoms with Crippen molar-refractivity contribution < 1.29 is 27.4 Å². The van der Waals surface area contributed by atoms with Crippen LogP contribution >= 0.6 is 12.6 Å². The zero-order valence-electron chi connectivity index (χ0n) is 19.5. The third-order valence-electron chi connectivity index (χ3n) is 5.21. The summed E-state index contributed by atoms with van der Waals surface area (Å²) in [7, 11) is 2.96. The topological polar surface area (TPSA) is 90.0 Å². The van der Waals surface area contributed by atoms with Crippen molar-refractivity contribution in [1.29, 1.82) is 0 Å². The predicted molar refractivity (Wildman–Crippen MR) is 134 cm³/mol. The fraction of sp³-hybridized carbons (Fsp3) is 0.0769. The molecule has 37 heavy (non-hydrogen) atoms. The van der Waals surface area contributed by atoms with E-state index in [9.17, 15) is 18.0 Å². The SMILES string of the molecule is COc1ccc(-c2cnc3[nH]cc(C(=O)c4c(F)ccnc4F)c3c2)c(OC)n1.Fc1cccc(S)c1. The minimum atomic E-state index is -1.17. The molecular formula is C26H19F3N4O3S. The maximum Gasteiger partial charge on any atom is 0.227 e. The molecule has 0 saturated carbocycles. The van der Waals surface area contributed by atoms with Gasteiger partial charge in [-0.05, 0) is 36.4 Å². The van der Waals surface area contributed by atoms with Crippen molar-refractivity contribution in [2.75, 3.05) is 14.2 Å². The number of H-pyrrole nitrogens is 1. The van der Waals surface area contributed by atoms with Crippen LogP contribution in [0.5, 0.6) is 11.8 Å². The maximum absolute atomic E-state index is 14.0. The van der Waals surface area contributed by atoms with E-state index in [0.717, 1.165) is 12.3 Å². The van der Waals surface area contributed by atoms with Gasteiger partial charge >= 0.3 is 0 Å². The Labute approximate surface area is 214 Å². The Morgan fingerprint density at radius 3 is 2.46 bits per heavy atom. The molecule has 0 amide bonds. The van der Waals surface area contributed by atoms with Crippen LogP contribution in [0.15, 0.2) is 72.0 Å². The molecule has 0 bridgehead atoms. The molecule has 7 nitrogen and oxygen atoms in total. The first-order valence-corrected chi connectivity index (χ1v) is 11.1. The number of hydrogen-bond donors (Lipinski definition) is 2. The van der Waals surface area contributed by atoms with Crippen LogP contribution in [-0.2, 0) is 0 Å². The van der Waals surface area contributed by atoms with E-state index in [1.807, 2.05) is 0 Å². The molecule has 0 atom stereocenters. The van der Waals surface area contributed by atoms with Crippen molar-refractivity contribution in [3.8, 4) is 22.9 Å². The fourth-order valence-corrected chi connectivity index (χ4v) is 3.69. The Morgan fingerprint density at radius 2 is 1.81 bits per heavy atom. The number of pyridine rings is 3. The van der Waals surface area contributed by atoms with Crippen LogP contribution in [0, 0.1) is 17.6 Å². The van der Waals surface area contributed by atoms with E-state index in [0.29, 0.717) is 38.8 Å². The number of thiol groups is 1. The van der Waals surface area contributed by atoms with Crippen molar-refractivity contribution >= 4 is 29.4 Å². The zero-order valence-corrected chi connectivity index (χ0v) is 20.4. The molecule has 4 aromatic heterocycles. The molecule has 5 rings (SSSR count). The molecule has 0 fully saturated rings. The molecule has 1 N–H and O–H groups in total. The van der Waals surface area contributed by atoms with Crippen LogP contribution in [0.3, 0.4) is 0 Å². The number of aromatic nitrogens is 4. The summed E-state index contributed by atoms with van der Waals surface area (Å²) in [5.74, 6) is -2.55. The Bertz CT molecular complexity index is 1560. The Hall–Kier alpha value is -4.38. The first kappa shape index (κ1) is 25.7. The molecular weight excluding hydrogens is 505 g/mol. The predicted octanol–water partition coefficient (Wildman–Crippen LogP) is 5.66. The van der Waals surface area contributed by atoms with Crippen LogP contribution in [0.1, 0.15) is 15.9 Å². The number of hydrogen-bond acceptors (Lipinski definition) is 7. The first-order valence-electron chi connectivity index (χ1n) is 10.7. The Kier molecular flexibility index (Phi) is 7.73. The fourth-order valence-electron chi connectivity index (χ4n) is 3.48. The first-order chi connectivity index (χ1) is 17.8. The summed E-state index contributed by atoms with van der Waals surface area (Å²) in [6, 6.07) is 12.1. The van der Waals surface area contributed by atoms with Gasteiger partial charge in [-0.2, -0.15) is 9.37 Å². The largest absolute Gasteiger partial charge is 0.481 e. The number of fused-ring (bicyclic) bond motifs is 1. The lowest BCUT2D eigenvalue weighted by Crippen LogP contribution is -2.08. The van der Waals surface area contributed by atoms with E-state index < -0.39 is 23.1 Å². The average molecular weight is 525 g/mol. The van der Waals surface area contributed by atoms with Crippen LogP contribution in [0.4, 0.5) is 13.2 Å². The lowest BCUT2D eigenvalue weighted by atomic mass is 10.0. The van der Waals surface area contributed by atoms with Crippen molar-refractivity contribution in [3.63, 3.8) is 0 Å². The second-order valence-corrected chi connectivity index (χ2v) is 8.02. The zero-order chi connectivity index (χ0) is 26.5. The Morgan fingerprint density at radius 1 is 1.00 bits per heavy atom. The molecule has 0 aliphatic rings. The van der Waals surface area contributed by atoms with E-state index in [1.54, 1.807) is 36.5 Å². The molecule has 0 spiro atoms. The molecule has 1 aromatic carbocycles. The van der Waals surface area contributed by atoms with E-state index in [4.69, 9.17) is 9.47 Å². The lowest BCUT2D eigenvalue weighted by molar-refractivity contribution is 0.103.